The first kappa shape index (κ1) is 11.6. The molecule has 16 heavy (non-hydrogen) atoms. The zero-order chi connectivity index (χ0) is 11.7. The maximum Gasteiger partial charge on any atom is 0.130 e. The van der Waals surface area contributed by atoms with Crippen molar-refractivity contribution in [2.45, 2.75) is 20.0 Å². The smallest absolute Gasteiger partial charge is 0.130 e. The summed E-state index contributed by atoms with van der Waals surface area (Å²) in [5.74, 6) is 0. The summed E-state index contributed by atoms with van der Waals surface area (Å²) in [7, 11) is 0. The van der Waals surface area contributed by atoms with E-state index in [9.17, 15) is 5.11 Å². The van der Waals surface area contributed by atoms with Gasteiger partial charge in [0.1, 0.15) is 6.10 Å². The second-order valence-electron chi connectivity index (χ2n) is 3.76. The maximum absolute atomic E-state index is 10.2. The van der Waals surface area contributed by atoms with Crippen LogP contribution >= 0.6 is 22.9 Å². The van der Waals surface area contributed by atoms with Crippen molar-refractivity contribution >= 4 is 22.9 Å². The summed E-state index contributed by atoms with van der Waals surface area (Å²) in [4.78, 5) is 5.10. The van der Waals surface area contributed by atoms with Crippen LogP contribution in [-0.2, 0) is 0 Å². The molecule has 2 nitrogen and oxygen atoms in total. The van der Waals surface area contributed by atoms with E-state index in [0.29, 0.717) is 10.0 Å². The Morgan fingerprint density at radius 2 is 2.12 bits per heavy atom. The van der Waals surface area contributed by atoms with Gasteiger partial charge in [0, 0.05) is 11.1 Å². The zero-order valence-corrected chi connectivity index (χ0v) is 10.6. The van der Waals surface area contributed by atoms with Crippen molar-refractivity contribution in [3.05, 3.63) is 50.4 Å². The molecular formula is C12H12ClNOS. The lowest BCUT2D eigenvalue weighted by Gasteiger charge is -2.11. The molecule has 0 aliphatic rings. The van der Waals surface area contributed by atoms with E-state index in [-0.39, 0.29) is 0 Å². The number of aliphatic hydroxyl groups is 1. The van der Waals surface area contributed by atoms with Gasteiger partial charge < -0.3 is 5.11 Å². The highest BCUT2D eigenvalue weighted by atomic mass is 35.5. The van der Waals surface area contributed by atoms with E-state index in [1.165, 1.54) is 11.3 Å². The Bertz CT molecular complexity index is 509. The number of nitrogens with zero attached hydrogens (tertiary/aromatic N) is 1. The molecule has 0 saturated heterocycles. The molecule has 0 spiro atoms. The quantitative estimate of drug-likeness (QED) is 0.889. The van der Waals surface area contributed by atoms with Gasteiger partial charge in [-0.3, -0.25) is 4.98 Å². The molecule has 2 heterocycles. The van der Waals surface area contributed by atoms with Gasteiger partial charge in [-0.05, 0) is 37.1 Å². The van der Waals surface area contributed by atoms with E-state index >= 15 is 0 Å². The molecule has 2 aromatic heterocycles. The lowest BCUT2D eigenvalue weighted by molar-refractivity contribution is 0.218. The Balaban J connectivity index is 2.37. The second kappa shape index (κ2) is 4.53. The minimum absolute atomic E-state index is 0.679. The molecule has 0 bridgehead atoms. The van der Waals surface area contributed by atoms with Crippen LogP contribution < -0.4 is 0 Å². The lowest BCUT2D eigenvalue weighted by Crippen LogP contribution is -2.03. The monoisotopic (exact) mass is 253 g/mol. The van der Waals surface area contributed by atoms with Crippen molar-refractivity contribution in [1.29, 1.82) is 0 Å². The third-order valence-electron chi connectivity index (χ3n) is 2.38. The first-order valence-corrected chi connectivity index (χ1v) is 6.14. The number of thiophene rings is 1. The van der Waals surface area contributed by atoms with Gasteiger partial charge in [0.15, 0.2) is 0 Å². The summed E-state index contributed by atoms with van der Waals surface area (Å²) in [5, 5.41) is 10.2. The maximum atomic E-state index is 10.2. The summed E-state index contributed by atoms with van der Waals surface area (Å²) in [6.45, 7) is 3.94. The van der Waals surface area contributed by atoms with Crippen molar-refractivity contribution < 1.29 is 5.11 Å². The molecule has 1 unspecified atom stereocenters. The molecule has 0 aliphatic heterocycles. The minimum Gasteiger partial charge on any atom is -0.381 e. The molecule has 2 rings (SSSR count). The Labute approximate surface area is 104 Å². The molecule has 1 atom stereocenters. The van der Waals surface area contributed by atoms with E-state index in [2.05, 4.69) is 4.98 Å². The van der Waals surface area contributed by atoms with Crippen LogP contribution in [0, 0.1) is 13.8 Å². The predicted octanol–water partition coefficient (Wildman–Crippen LogP) is 3.50. The fourth-order valence-electron chi connectivity index (χ4n) is 1.62. The number of aryl methyl sites for hydroxylation is 2. The molecule has 4 heteroatoms. The first-order chi connectivity index (χ1) is 7.58. The van der Waals surface area contributed by atoms with Crippen molar-refractivity contribution in [2.24, 2.45) is 0 Å². The van der Waals surface area contributed by atoms with Crippen LogP contribution in [0.25, 0.3) is 0 Å². The van der Waals surface area contributed by atoms with Crippen LogP contribution in [0.15, 0.2) is 24.4 Å². The van der Waals surface area contributed by atoms with Gasteiger partial charge in [-0.1, -0.05) is 17.7 Å². The second-order valence-corrected chi connectivity index (χ2v) is 5.51. The van der Waals surface area contributed by atoms with Crippen molar-refractivity contribution in [3.63, 3.8) is 0 Å². The molecule has 2 aromatic rings. The minimum atomic E-state index is -0.682. The number of aliphatic hydroxyl groups excluding tert-OH is 1. The highest BCUT2D eigenvalue weighted by molar-refractivity contribution is 7.16. The predicted molar refractivity (Wildman–Crippen MR) is 67.1 cm³/mol. The molecule has 1 N–H and O–H groups in total. The third-order valence-corrected chi connectivity index (χ3v) is 3.66. The molecule has 0 amide bonds. The van der Waals surface area contributed by atoms with Gasteiger partial charge in [0.25, 0.3) is 0 Å². The van der Waals surface area contributed by atoms with E-state index in [0.717, 1.165) is 16.0 Å². The van der Waals surface area contributed by atoms with Gasteiger partial charge >= 0.3 is 0 Å². The van der Waals surface area contributed by atoms with Crippen molar-refractivity contribution in [1.82, 2.24) is 4.98 Å². The van der Waals surface area contributed by atoms with Crippen LogP contribution in [0.2, 0.25) is 4.34 Å². The molecule has 0 aromatic carbocycles. The van der Waals surface area contributed by atoms with Crippen LogP contribution in [0.1, 0.15) is 27.8 Å². The normalized spacial score (nSPS) is 12.8. The molecule has 0 aliphatic carbocycles. The van der Waals surface area contributed by atoms with Gasteiger partial charge in [0.05, 0.1) is 10.0 Å². The number of rotatable bonds is 2. The van der Waals surface area contributed by atoms with Crippen LogP contribution in [0.3, 0.4) is 0 Å². The Morgan fingerprint density at radius 1 is 1.38 bits per heavy atom. The standard InChI is InChI=1S/C12H12ClNOS/c1-7-5-8(2)11(14-6-7)12(15)9-3-4-10(13)16-9/h3-6,12,15H,1-2H3. The van der Waals surface area contributed by atoms with Gasteiger partial charge in [-0.15, -0.1) is 11.3 Å². The van der Waals surface area contributed by atoms with E-state index < -0.39 is 6.10 Å². The van der Waals surface area contributed by atoms with E-state index in [1.807, 2.05) is 26.0 Å². The van der Waals surface area contributed by atoms with Crippen molar-refractivity contribution in [2.75, 3.05) is 0 Å². The first-order valence-electron chi connectivity index (χ1n) is 4.94. The highest BCUT2D eigenvalue weighted by Gasteiger charge is 2.16. The molecule has 0 fully saturated rings. The topological polar surface area (TPSA) is 33.1 Å². The van der Waals surface area contributed by atoms with E-state index in [1.54, 1.807) is 12.3 Å². The summed E-state index contributed by atoms with van der Waals surface area (Å²) in [6, 6.07) is 5.63. The molecule has 84 valence electrons. The lowest BCUT2D eigenvalue weighted by atomic mass is 10.1. The fraction of sp³-hybridized carbons (Fsp3) is 0.250. The third kappa shape index (κ3) is 2.26. The number of hydrogen-bond acceptors (Lipinski definition) is 3. The van der Waals surface area contributed by atoms with Gasteiger partial charge in [-0.2, -0.15) is 0 Å². The zero-order valence-electron chi connectivity index (χ0n) is 9.07. The SMILES string of the molecule is Cc1cnc(C(O)c2ccc(Cl)s2)c(C)c1. The average molecular weight is 254 g/mol. The largest absolute Gasteiger partial charge is 0.381 e. The summed E-state index contributed by atoms with van der Waals surface area (Å²) >= 11 is 7.22. The number of hydrogen-bond donors (Lipinski definition) is 1. The van der Waals surface area contributed by atoms with Gasteiger partial charge in [0.2, 0.25) is 0 Å². The molecule has 0 radical (unpaired) electrons. The summed E-state index contributed by atoms with van der Waals surface area (Å²) in [5.41, 5.74) is 2.79. The molecule has 0 saturated carbocycles. The Morgan fingerprint density at radius 3 is 2.69 bits per heavy atom. The Hall–Kier alpha value is -0.900. The van der Waals surface area contributed by atoms with Crippen LogP contribution in [0.5, 0.6) is 0 Å². The fourth-order valence-corrected chi connectivity index (χ4v) is 2.67. The summed E-state index contributed by atoms with van der Waals surface area (Å²) in [6.07, 6.45) is 1.08. The highest BCUT2D eigenvalue weighted by Crippen LogP contribution is 2.31. The van der Waals surface area contributed by atoms with E-state index in [4.69, 9.17) is 11.6 Å². The average Bonchev–Trinajstić information content (AvgIpc) is 2.64. The Kier molecular flexibility index (Phi) is 3.28. The van der Waals surface area contributed by atoms with Crippen LogP contribution in [-0.4, -0.2) is 10.1 Å². The summed E-state index contributed by atoms with van der Waals surface area (Å²) < 4.78 is 0.679. The number of pyridine rings is 1. The van der Waals surface area contributed by atoms with Gasteiger partial charge in [-0.25, -0.2) is 0 Å². The van der Waals surface area contributed by atoms with Crippen molar-refractivity contribution in [3.8, 4) is 0 Å². The number of halogens is 1. The van der Waals surface area contributed by atoms with Crippen LogP contribution in [0.4, 0.5) is 0 Å². The number of aromatic nitrogens is 1. The molecular weight excluding hydrogens is 242 g/mol.